The van der Waals surface area contributed by atoms with Gasteiger partial charge in [-0.2, -0.15) is 0 Å². The first kappa shape index (κ1) is 19.0. The van der Waals surface area contributed by atoms with Gasteiger partial charge in [-0.25, -0.2) is 4.39 Å². The molecular weight excluding hydrogens is 367 g/mol. The lowest BCUT2D eigenvalue weighted by atomic mass is 10.1. The van der Waals surface area contributed by atoms with Gasteiger partial charge in [0.25, 0.3) is 0 Å². The van der Waals surface area contributed by atoms with Gasteiger partial charge in [0, 0.05) is 30.4 Å². The van der Waals surface area contributed by atoms with Crippen molar-refractivity contribution in [1.82, 2.24) is 0 Å². The van der Waals surface area contributed by atoms with Gasteiger partial charge in [-0.1, -0.05) is 30.3 Å². The molecule has 1 fully saturated rings. The number of halogens is 1. The molecule has 1 N–H and O–H groups in total. The molecule has 1 amide bonds. The summed E-state index contributed by atoms with van der Waals surface area (Å²) < 4.78 is 20.2. The van der Waals surface area contributed by atoms with Crippen LogP contribution in [0.4, 0.5) is 15.8 Å². The number of piperidine rings is 1. The second-order valence-electron chi connectivity index (χ2n) is 7.10. The summed E-state index contributed by atoms with van der Waals surface area (Å²) in [5, 5.41) is 2.70. The fourth-order valence-corrected chi connectivity index (χ4v) is 3.52. The number of amides is 1. The van der Waals surface area contributed by atoms with E-state index in [2.05, 4.69) is 10.2 Å². The molecule has 0 aliphatic carbocycles. The molecule has 1 aliphatic heterocycles. The van der Waals surface area contributed by atoms with E-state index in [1.807, 2.05) is 36.4 Å². The van der Waals surface area contributed by atoms with Crippen molar-refractivity contribution >= 4 is 23.4 Å². The summed E-state index contributed by atoms with van der Waals surface area (Å²) in [7, 11) is 0. The van der Waals surface area contributed by atoms with Crippen LogP contribution in [0.1, 0.15) is 25.0 Å². The Hall–Kier alpha value is -3.34. The predicted octanol–water partition coefficient (Wildman–Crippen LogP) is 5.73. The highest BCUT2D eigenvalue weighted by molar-refractivity contribution is 6.01. The van der Waals surface area contributed by atoms with E-state index < -0.39 is 0 Å². The molecule has 1 saturated heterocycles. The van der Waals surface area contributed by atoms with Gasteiger partial charge in [0.05, 0.1) is 5.69 Å². The number of anilines is 2. The Labute approximate surface area is 169 Å². The zero-order valence-corrected chi connectivity index (χ0v) is 16.1. The Bertz CT molecular complexity index is 1000. The first-order chi connectivity index (χ1) is 14.2. The number of hydrogen-bond donors (Lipinski definition) is 1. The van der Waals surface area contributed by atoms with Gasteiger partial charge in [-0.05, 0) is 55.7 Å². The van der Waals surface area contributed by atoms with Crippen LogP contribution in [0.15, 0.2) is 71.2 Å². The molecule has 4 nitrogen and oxygen atoms in total. The molecule has 1 aliphatic rings. The number of rotatable bonds is 5. The highest BCUT2D eigenvalue weighted by Crippen LogP contribution is 2.26. The van der Waals surface area contributed by atoms with Gasteiger partial charge >= 0.3 is 0 Å². The van der Waals surface area contributed by atoms with Crippen LogP contribution in [0.3, 0.4) is 0 Å². The summed E-state index contributed by atoms with van der Waals surface area (Å²) in [5.74, 6) is 0.659. The molecule has 0 spiro atoms. The minimum absolute atomic E-state index is 0.313. The third kappa shape index (κ3) is 4.74. The average molecular weight is 390 g/mol. The fraction of sp³-hybridized carbons (Fsp3) is 0.208. The van der Waals surface area contributed by atoms with E-state index in [0.29, 0.717) is 17.1 Å². The van der Waals surface area contributed by atoms with Gasteiger partial charge < -0.3 is 14.6 Å². The number of carbonyl (C=O) groups is 1. The summed E-state index contributed by atoms with van der Waals surface area (Å²) in [6, 6.07) is 18.3. The summed E-state index contributed by atoms with van der Waals surface area (Å²) in [6.45, 7) is 1.75. The van der Waals surface area contributed by atoms with Crippen LogP contribution in [0.5, 0.6) is 0 Å². The van der Waals surface area contributed by atoms with Gasteiger partial charge in [-0.15, -0.1) is 0 Å². The van der Waals surface area contributed by atoms with Crippen LogP contribution in [0.25, 0.3) is 17.4 Å². The topological polar surface area (TPSA) is 45.5 Å². The third-order valence-electron chi connectivity index (χ3n) is 5.00. The van der Waals surface area contributed by atoms with Crippen molar-refractivity contribution in [2.24, 2.45) is 0 Å². The molecule has 148 valence electrons. The molecule has 0 bridgehead atoms. The van der Waals surface area contributed by atoms with Gasteiger partial charge in [-0.3, -0.25) is 4.79 Å². The highest BCUT2D eigenvalue weighted by atomic mass is 19.1. The lowest BCUT2D eigenvalue weighted by molar-refractivity contribution is -0.111. The average Bonchev–Trinajstić information content (AvgIpc) is 3.23. The van der Waals surface area contributed by atoms with Crippen LogP contribution in [0, 0.1) is 5.82 Å². The van der Waals surface area contributed by atoms with E-state index >= 15 is 0 Å². The van der Waals surface area contributed by atoms with Crippen molar-refractivity contribution in [1.29, 1.82) is 0 Å². The highest BCUT2D eigenvalue weighted by Gasteiger charge is 2.15. The SMILES string of the molecule is O=C(/C=C/c1ccc(-c2ccccc2)o1)Nc1ccc(N2CCCCC2)c(F)c1. The largest absolute Gasteiger partial charge is 0.457 e. The van der Waals surface area contributed by atoms with Gasteiger partial charge in [0.2, 0.25) is 5.91 Å². The van der Waals surface area contributed by atoms with Crippen LogP contribution >= 0.6 is 0 Å². The van der Waals surface area contributed by atoms with Crippen LogP contribution in [0.2, 0.25) is 0 Å². The predicted molar refractivity (Wildman–Crippen MR) is 114 cm³/mol. The van der Waals surface area contributed by atoms with Gasteiger partial charge in [0.1, 0.15) is 17.3 Å². The summed E-state index contributed by atoms with van der Waals surface area (Å²) in [4.78, 5) is 14.2. The standard InChI is InChI=1S/C24H23FN2O2/c25-21-17-19(9-12-22(21)27-15-5-2-6-16-27)26-24(28)14-11-20-10-13-23(29-20)18-7-3-1-4-8-18/h1,3-4,7-14,17H,2,5-6,15-16H2,(H,26,28)/b14-11+. The Morgan fingerprint density at radius 1 is 1.00 bits per heavy atom. The van der Waals surface area contributed by atoms with Crippen molar-refractivity contribution < 1.29 is 13.6 Å². The Morgan fingerprint density at radius 3 is 2.55 bits per heavy atom. The van der Waals surface area contributed by atoms with Crippen molar-refractivity contribution in [3.05, 3.63) is 78.3 Å². The molecule has 0 atom stereocenters. The molecule has 3 aromatic rings. The Balaban J connectivity index is 1.38. The molecule has 0 unspecified atom stereocenters. The zero-order chi connectivity index (χ0) is 20.1. The fourth-order valence-electron chi connectivity index (χ4n) is 3.52. The maximum atomic E-state index is 14.5. The molecule has 1 aromatic heterocycles. The van der Waals surface area contributed by atoms with Crippen LogP contribution in [-0.2, 0) is 4.79 Å². The lowest BCUT2D eigenvalue weighted by Gasteiger charge is -2.29. The van der Waals surface area contributed by atoms with Gasteiger partial charge in [0.15, 0.2) is 0 Å². The van der Waals surface area contributed by atoms with E-state index in [1.54, 1.807) is 24.3 Å². The quantitative estimate of drug-likeness (QED) is 0.566. The number of benzene rings is 2. The van der Waals surface area contributed by atoms with Crippen LogP contribution < -0.4 is 10.2 Å². The Kier molecular flexibility index (Phi) is 5.75. The summed E-state index contributed by atoms with van der Waals surface area (Å²) >= 11 is 0. The maximum absolute atomic E-state index is 14.5. The van der Waals surface area contributed by atoms with E-state index in [4.69, 9.17) is 4.42 Å². The van der Waals surface area contributed by atoms with Crippen molar-refractivity contribution in [2.75, 3.05) is 23.3 Å². The minimum Gasteiger partial charge on any atom is -0.457 e. The lowest BCUT2D eigenvalue weighted by Crippen LogP contribution is -2.30. The van der Waals surface area contributed by atoms with Crippen molar-refractivity contribution in [3.63, 3.8) is 0 Å². The second kappa shape index (κ2) is 8.78. The van der Waals surface area contributed by atoms with E-state index in [0.717, 1.165) is 37.3 Å². The Morgan fingerprint density at radius 2 is 1.79 bits per heavy atom. The molecule has 2 heterocycles. The minimum atomic E-state index is -0.340. The van der Waals surface area contributed by atoms with Crippen molar-refractivity contribution in [2.45, 2.75) is 19.3 Å². The first-order valence-corrected chi connectivity index (χ1v) is 9.88. The smallest absolute Gasteiger partial charge is 0.248 e. The summed E-state index contributed by atoms with van der Waals surface area (Å²) in [6.07, 6.45) is 6.34. The normalized spacial score (nSPS) is 14.3. The number of nitrogens with one attached hydrogen (secondary N) is 1. The number of hydrogen-bond acceptors (Lipinski definition) is 3. The van der Waals surface area contributed by atoms with E-state index in [9.17, 15) is 9.18 Å². The monoisotopic (exact) mass is 390 g/mol. The molecule has 0 saturated carbocycles. The number of nitrogens with zero attached hydrogens (tertiary/aromatic N) is 1. The molecule has 0 radical (unpaired) electrons. The zero-order valence-electron chi connectivity index (χ0n) is 16.1. The van der Waals surface area contributed by atoms with E-state index in [-0.39, 0.29) is 11.7 Å². The summed E-state index contributed by atoms with van der Waals surface area (Å²) in [5.41, 5.74) is 2.01. The first-order valence-electron chi connectivity index (χ1n) is 9.88. The van der Waals surface area contributed by atoms with E-state index in [1.165, 1.54) is 18.6 Å². The maximum Gasteiger partial charge on any atom is 0.248 e. The molecular formula is C24H23FN2O2. The molecule has 2 aromatic carbocycles. The van der Waals surface area contributed by atoms with Crippen LogP contribution in [-0.4, -0.2) is 19.0 Å². The van der Waals surface area contributed by atoms with Crippen molar-refractivity contribution in [3.8, 4) is 11.3 Å². The number of furan rings is 1. The molecule has 4 rings (SSSR count). The molecule has 5 heteroatoms. The number of carbonyl (C=O) groups excluding carboxylic acids is 1. The molecule has 29 heavy (non-hydrogen) atoms. The second-order valence-corrected chi connectivity index (χ2v) is 7.10. The third-order valence-corrected chi connectivity index (χ3v) is 5.00.